The molecule has 1 heterocycles. The van der Waals surface area contributed by atoms with Crippen molar-refractivity contribution in [3.05, 3.63) is 70.0 Å². The molecular formula is C21H22F2N4O2. The Balaban J connectivity index is 1.97. The zero-order chi connectivity index (χ0) is 20.8. The highest BCUT2D eigenvalue weighted by Gasteiger charge is 2.13. The van der Waals surface area contributed by atoms with Crippen LogP contribution in [-0.2, 0) is 11.3 Å². The van der Waals surface area contributed by atoms with Gasteiger partial charge in [-0.15, -0.1) is 0 Å². The summed E-state index contributed by atoms with van der Waals surface area (Å²) >= 11 is 0. The van der Waals surface area contributed by atoms with Crippen molar-refractivity contribution in [1.29, 1.82) is 0 Å². The van der Waals surface area contributed by atoms with Crippen molar-refractivity contribution < 1.29 is 13.5 Å². The average Bonchev–Trinajstić information content (AvgIpc) is 2.71. The Morgan fingerprint density at radius 3 is 2.62 bits per heavy atom. The molecule has 152 valence electrons. The van der Waals surface area contributed by atoms with Gasteiger partial charge in [-0.25, -0.2) is 19.2 Å². The molecule has 0 amide bonds. The number of hydrogen-bond acceptors (Lipinski definition) is 5. The second-order valence-corrected chi connectivity index (χ2v) is 6.37. The number of halogens is 2. The molecule has 0 saturated heterocycles. The van der Waals surface area contributed by atoms with Crippen molar-refractivity contribution in [3.63, 3.8) is 0 Å². The van der Waals surface area contributed by atoms with Crippen LogP contribution < -0.4 is 11.0 Å². The molecule has 0 spiro atoms. The molecule has 0 aliphatic heterocycles. The quantitative estimate of drug-likeness (QED) is 0.353. The van der Waals surface area contributed by atoms with Gasteiger partial charge >= 0.3 is 0 Å². The fourth-order valence-electron chi connectivity index (χ4n) is 2.96. The van der Waals surface area contributed by atoms with Crippen molar-refractivity contribution in [2.45, 2.75) is 26.8 Å². The highest BCUT2D eigenvalue weighted by Crippen LogP contribution is 2.15. The molecule has 0 aliphatic rings. The highest BCUT2D eigenvalue weighted by molar-refractivity contribution is 5.99. The van der Waals surface area contributed by atoms with Crippen LogP contribution in [0.2, 0.25) is 0 Å². The number of fused-ring (bicyclic) bond motifs is 1. The van der Waals surface area contributed by atoms with Crippen molar-refractivity contribution in [2.75, 3.05) is 18.6 Å². The van der Waals surface area contributed by atoms with Crippen LogP contribution >= 0.6 is 0 Å². The predicted molar refractivity (Wildman–Crippen MR) is 109 cm³/mol. The average molecular weight is 400 g/mol. The lowest BCUT2D eigenvalue weighted by molar-refractivity contribution is 0.141. The first-order valence-corrected chi connectivity index (χ1v) is 9.35. The molecule has 0 fully saturated rings. The smallest absolute Gasteiger partial charge is 0.262 e. The SMILES string of the molecule is CCOCCCn1c(N/N=C(/C)c2c(F)cccc2F)nc2ccccc2c1=O. The molecule has 0 saturated carbocycles. The molecule has 1 aromatic heterocycles. The maximum atomic E-state index is 14.0. The molecule has 3 rings (SSSR count). The van der Waals surface area contributed by atoms with E-state index in [1.807, 2.05) is 6.92 Å². The van der Waals surface area contributed by atoms with Gasteiger partial charge in [0.25, 0.3) is 5.56 Å². The summed E-state index contributed by atoms with van der Waals surface area (Å²) in [4.78, 5) is 17.4. The van der Waals surface area contributed by atoms with Gasteiger partial charge in [-0.1, -0.05) is 18.2 Å². The third-order valence-corrected chi connectivity index (χ3v) is 4.38. The van der Waals surface area contributed by atoms with E-state index in [1.54, 1.807) is 24.3 Å². The van der Waals surface area contributed by atoms with Crippen LogP contribution in [0.15, 0.2) is 52.4 Å². The van der Waals surface area contributed by atoms with E-state index in [2.05, 4.69) is 15.5 Å². The lowest BCUT2D eigenvalue weighted by atomic mass is 10.1. The molecule has 29 heavy (non-hydrogen) atoms. The van der Waals surface area contributed by atoms with Crippen LogP contribution in [0, 0.1) is 11.6 Å². The largest absolute Gasteiger partial charge is 0.382 e. The van der Waals surface area contributed by atoms with Crippen LogP contribution in [0.25, 0.3) is 10.9 Å². The highest BCUT2D eigenvalue weighted by atomic mass is 19.1. The minimum absolute atomic E-state index is 0.101. The molecule has 2 aromatic carbocycles. The first-order chi connectivity index (χ1) is 14.0. The van der Waals surface area contributed by atoms with Crippen LogP contribution in [0.1, 0.15) is 25.8 Å². The molecule has 0 unspecified atom stereocenters. The van der Waals surface area contributed by atoms with E-state index in [0.717, 1.165) is 12.1 Å². The number of nitrogens with one attached hydrogen (secondary N) is 1. The van der Waals surface area contributed by atoms with Gasteiger partial charge in [0.15, 0.2) is 0 Å². The summed E-state index contributed by atoms with van der Waals surface area (Å²) in [7, 11) is 0. The third-order valence-electron chi connectivity index (χ3n) is 4.38. The summed E-state index contributed by atoms with van der Waals surface area (Å²) < 4.78 is 34.8. The summed E-state index contributed by atoms with van der Waals surface area (Å²) in [6.45, 7) is 4.83. The van der Waals surface area contributed by atoms with Crippen molar-refractivity contribution in [2.24, 2.45) is 5.10 Å². The van der Waals surface area contributed by atoms with Gasteiger partial charge in [-0.2, -0.15) is 5.10 Å². The normalized spacial score (nSPS) is 11.8. The second kappa shape index (κ2) is 9.38. The zero-order valence-corrected chi connectivity index (χ0v) is 16.3. The second-order valence-electron chi connectivity index (χ2n) is 6.37. The number of hydrogen-bond donors (Lipinski definition) is 1. The Morgan fingerprint density at radius 1 is 1.17 bits per heavy atom. The number of ether oxygens (including phenoxy) is 1. The number of aromatic nitrogens is 2. The van der Waals surface area contributed by atoms with Crippen molar-refractivity contribution >= 4 is 22.6 Å². The van der Waals surface area contributed by atoms with Gasteiger partial charge in [-0.3, -0.25) is 9.36 Å². The van der Waals surface area contributed by atoms with Gasteiger partial charge < -0.3 is 4.74 Å². The number of rotatable bonds is 8. The van der Waals surface area contributed by atoms with Crippen LogP contribution in [0.4, 0.5) is 14.7 Å². The molecular weight excluding hydrogens is 378 g/mol. The first kappa shape index (κ1) is 20.6. The first-order valence-electron chi connectivity index (χ1n) is 9.35. The lowest BCUT2D eigenvalue weighted by Gasteiger charge is -2.13. The molecule has 0 atom stereocenters. The minimum Gasteiger partial charge on any atom is -0.382 e. The number of anilines is 1. The monoisotopic (exact) mass is 400 g/mol. The van der Waals surface area contributed by atoms with Gasteiger partial charge in [0.1, 0.15) is 11.6 Å². The molecule has 1 N–H and O–H groups in total. The molecule has 8 heteroatoms. The molecule has 6 nitrogen and oxygen atoms in total. The zero-order valence-electron chi connectivity index (χ0n) is 16.3. The van der Waals surface area contributed by atoms with Gasteiger partial charge in [-0.05, 0) is 44.5 Å². The summed E-state index contributed by atoms with van der Waals surface area (Å²) in [6, 6.07) is 10.6. The van der Waals surface area contributed by atoms with Crippen LogP contribution in [0.3, 0.4) is 0 Å². The molecule has 0 bridgehead atoms. The number of hydrazone groups is 1. The molecule has 0 radical (unpaired) electrons. The minimum atomic E-state index is -0.714. The van der Waals surface area contributed by atoms with E-state index in [0.29, 0.717) is 37.1 Å². The third kappa shape index (κ3) is 4.65. The fraction of sp³-hybridized carbons (Fsp3) is 0.286. The van der Waals surface area contributed by atoms with Gasteiger partial charge in [0, 0.05) is 19.8 Å². The van der Waals surface area contributed by atoms with Crippen LogP contribution in [0.5, 0.6) is 0 Å². The number of benzene rings is 2. The Bertz CT molecular complexity index is 1080. The molecule has 3 aromatic rings. The summed E-state index contributed by atoms with van der Waals surface area (Å²) in [5, 5.41) is 4.55. The maximum absolute atomic E-state index is 14.0. The van der Waals surface area contributed by atoms with Crippen molar-refractivity contribution in [1.82, 2.24) is 9.55 Å². The summed E-state index contributed by atoms with van der Waals surface area (Å²) in [5.41, 5.74) is 2.86. The standard InChI is InChI=1S/C21H22F2N4O2/c1-3-29-13-7-12-27-20(28)15-8-4-5-11-18(15)24-21(27)26-25-14(2)19-16(22)9-6-10-17(19)23/h4-6,8-11H,3,7,12-13H2,1-2H3,(H,24,26)/b25-14-. The summed E-state index contributed by atoms with van der Waals surface area (Å²) in [5.74, 6) is -1.23. The fourth-order valence-corrected chi connectivity index (χ4v) is 2.96. The molecule has 0 aliphatic carbocycles. The topological polar surface area (TPSA) is 68.5 Å². The Morgan fingerprint density at radius 2 is 1.90 bits per heavy atom. The van der Waals surface area contributed by atoms with E-state index < -0.39 is 11.6 Å². The predicted octanol–water partition coefficient (Wildman–Crippen LogP) is 3.94. The Labute approximate surface area is 166 Å². The van der Waals surface area contributed by atoms with Crippen molar-refractivity contribution in [3.8, 4) is 0 Å². The Hall–Kier alpha value is -3.13. The van der Waals surface area contributed by atoms with E-state index in [9.17, 15) is 13.6 Å². The van der Waals surface area contributed by atoms with E-state index in [1.165, 1.54) is 17.6 Å². The van der Waals surface area contributed by atoms with E-state index in [-0.39, 0.29) is 22.8 Å². The van der Waals surface area contributed by atoms with E-state index in [4.69, 9.17) is 4.74 Å². The lowest BCUT2D eigenvalue weighted by Crippen LogP contribution is -2.25. The maximum Gasteiger partial charge on any atom is 0.262 e. The number of nitrogens with zero attached hydrogens (tertiary/aromatic N) is 3. The number of para-hydroxylation sites is 1. The summed E-state index contributed by atoms with van der Waals surface area (Å²) in [6.07, 6.45) is 0.604. The van der Waals surface area contributed by atoms with Gasteiger partial charge in [0.05, 0.1) is 22.2 Å². The Kier molecular flexibility index (Phi) is 6.66. The van der Waals surface area contributed by atoms with Crippen LogP contribution in [-0.4, -0.2) is 28.5 Å². The van der Waals surface area contributed by atoms with Gasteiger partial charge in [0.2, 0.25) is 5.95 Å². The van der Waals surface area contributed by atoms with E-state index >= 15 is 0 Å².